The lowest BCUT2D eigenvalue weighted by molar-refractivity contribution is -0.138. The summed E-state index contributed by atoms with van der Waals surface area (Å²) >= 11 is 0. The van der Waals surface area contributed by atoms with Gasteiger partial charge in [-0.25, -0.2) is 4.98 Å². The van der Waals surface area contributed by atoms with Gasteiger partial charge in [0.15, 0.2) is 11.3 Å². The van der Waals surface area contributed by atoms with Crippen molar-refractivity contribution in [2.24, 2.45) is 0 Å². The molecule has 0 saturated carbocycles. The van der Waals surface area contributed by atoms with Gasteiger partial charge in [-0.15, -0.1) is 0 Å². The second kappa shape index (κ2) is 6.85. The minimum atomic E-state index is -4.83. The first-order valence-electron chi connectivity index (χ1n) is 7.02. The van der Waals surface area contributed by atoms with Crippen LogP contribution in [0.2, 0.25) is 0 Å². The predicted octanol–water partition coefficient (Wildman–Crippen LogP) is 1.31. The van der Waals surface area contributed by atoms with Crippen LogP contribution in [0.1, 0.15) is 11.3 Å². The van der Waals surface area contributed by atoms with Gasteiger partial charge in [0.25, 0.3) is 5.91 Å². The number of hydrogen-bond donors (Lipinski definition) is 3. The number of halogens is 3. The average molecular weight is 366 g/mol. The molecular weight excluding hydrogens is 353 g/mol. The third-order valence-corrected chi connectivity index (χ3v) is 3.34. The van der Waals surface area contributed by atoms with E-state index in [4.69, 9.17) is 11.0 Å². The molecule has 0 bridgehead atoms. The maximum atomic E-state index is 12.9. The molecule has 0 radical (unpaired) electrons. The molecule has 0 fully saturated rings. The predicted molar refractivity (Wildman–Crippen MR) is 84.4 cm³/mol. The van der Waals surface area contributed by atoms with Crippen molar-refractivity contribution in [3.05, 3.63) is 48.6 Å². The first-order valence-corrected chi connectivity index (χ1v) is 7.02. The fourth-order valence-corrected chi connectivity index (χ4v) is 2.02. The molecule has 0 aromatic carbocycles. The van der Waals surface area contributed by atoms with Gasteiger partial charge in [0.1, 0.15) is 6.07 Å². The molecule has 136 valence electrons. The van der Waals surface area contributed by atoms with Crippen LogP contribution in [0.4, 0.5) is 24.5 Å². The van der Waals surface area contributed by atoms with E-state index in [0.717, 1.165) is 12.3 Å². The Morgan fingerprint density at radius 2 is 2.19 bits per heavy atom. The summed E-state index contributed by atoms with van der Waals surface area (Å²) < 4.78 is 40.0. The summed E-state index contributed by atoms with van der Waals surface area (Å²) in [5, 5.41) is 25.1. The van der Waals surface area contributed by atoms with E-state index in [1.807, 2.05) is 0 Å². The zero-order valence-electron chi connectivity index (χ0n) is 13.2. The van der Waals surface area contributed by atoms with Crippen LogP contribution >= 0.6 is 0 Å². The number of hydrogen-bond acceptors (Lipinski definition) is 6. The lowest BCUT2D eigenvalue weighted by atomic mass is 10.0. The molecular formula is C15H13F3N6O2. The van der Waals surface area contributed by atoms with Crippen molar-refractivity contribution in [1.29, 1.82) is 5.26 Å². The molecule has 26 heavy (non-hydrogen) atoms. The minimum absolute atomic E-state index is 0.294. The smallest absolute Gasteiger partial charge is 0.396 e. The quantitative estimate of drug-likeness (QED) is 0.684. The highest BCUT2D eigenvalue weighted by Gasteiger charge is 2.37. The molecule has 4 N–H and O–H groups in total. The molecule has 2 aromatic rings. The highest BCUT2D eigenvalue weighted by atomic mass is 19.4. The SMILES string of the molecule is C=CC(O)(Cn1cc(N)cn1)C(=O)Nc1cnc(C#N)c(C(F)(F)F)c1. The third kappa shape index (κ3) is 3.98. The van der Waals surface area contributed by atoms with E-state index >= 15 is 0 Å². The standard InChI is InChI=1S/C15H13F3N6O2/c1-2-14(26,8-24-7-9(20)5-22-24)13(25)23-10-3-11(15(16,17)18)12(4-19)21-6-10/h2-3,5-7,26H,1,8,20H2,(H,23,25). The number of carbonyl (C=O) groups is 1. The number of carbonyl (C=O) groups excluding carboxylic acids is 1. The molecule has 2 rings (SSSR count). The number of nitrogen functional groups attached to an aromatic ring is 1. The van der Waals surface area contributed by atoms with E-state index < -0.39 is 28.9 Å². The van der Waals surface area contributed by atoms with E-state index in [-0.39, 0.29) is 12.2 Å². The van der Waals surface area contributed by atoms with E-state index in [0.29, 0.717) is 11.8 Å². The summed E-state index contributed by atoms with van der Waals surface area (Å²) in [6.45, 7) is 3.00. The van der Waals surface area contributed by atoms with Crippen molar-refractivity contribution in [1.82, 2.24) is 14.8 Å². The van der Waals surface area contributed by atoms with Crippen LogP contribution in [-0.2, 0) is 17.5 Å². The Morgan fingerprint density at radius 1 is 1.50 bits per heavy atom. The van der Waals surface area contributed by atoms with E-state index in [9.17, 15) is 23.1 Å². The van der Waals surface area contributed by atoms with Crippen LogP contribution in [0, 0.1) is 11.3 Å². The second-order valence-corrected chi connectivity index (χ2v) is 5.28. The highest BCUT2D eigenvalue weighted by molar-refractivity contribution is 5.98. The van der Waals surface area contributed by atoms with Gasteiger partial charge in [-0.2, -0.15) is 23.5 Å². The molecule has 0 aliphatic carbocycles. The molecule has 8 nitrogen and oxygen atoms in total. The van der Waals surface area contributed by atoms with Crippen molar-refractivity contribution >= 4 is 17.3 Å². The molecule has 1 atom stereocenters. The van der Waals surface area contributed by atoms with Crippen LogP contribution in [0.15, 0.2) is 37.3 Å². The van der Waals surface area contributed by atoms with Gasteiger partial charge in [-0.3, -0.25) is 9.48 Å². The van der Waals surface area contributed by atoms with Gasteiger partial charge in [0, 0.05) is 6.20 Å². The third-order valence-electron chi connectivity index (χ3n) is 3.34. The summed E-state index contributed by atoms with van der Waals surface area (Å²) in [6, 6.07) is 1.88. The molecule has 2 heterocycles. The summed E-state index contributed by atoms with van der Waals surface area (Å²) in [6.07, 6.45) is -0.391. The lowest BCUT2D eigenvalue weighted by Crippen LogP contribution is -2.44. The Labute approximate surface area is 145 Å². The molecule has 2 aromatic heterocycles. The zero-order chi connectivity index (χ0) is 19.5. The first-order chi connectivity index (χ1) is 12.1. The molecule has 0 aliphatic heterocycles. The molecule has 1 amide bonds. The van der Waals surface area contributed by atoms with Gasteiger partial charge < -0.3 is 16.2 Å². The molecule has 1 unspecified atom stereocenters. The number of amides is 1. The lowest BCUT2D eigenvalue weighted by Gasteiger charge is -2.23. The monoisotopic (exact) mass is 366 g/mol. The van der Waals surface area contributed by atoms with Gasteiger partial charge in [0.2, 0.25) is 0 Å². The maximum Gasteiger partial charge on any atom is 0.419 e. The topological polar surface area (TPSA) is 130 Å². The van der Waals surface area contributed by atoms with E-state index in [2.05, 4.69) is 22.0 Å². The molecule has 0 aliphatic rings. The fraction of sp³-hybridized carbons (Fsp3) is 0.200. The normalized spacial score (nSPS) is 13.5. The van der Waals surface area contributed by atoms with Gasteiger partial charge in [-0.05, 0) is 12.1 Å². The Bertz CT molecular complexity index is 886. The molecule has 11 heteroatoms. The number of nitriles is 1. The zero-order valence-corrected chi connectivity index (χ0v) is 13.2. The Balaban J connectivity index is 2.27. The number of nitrogens with one attached hydrogen (secondary N) is 1. The average Bonchev–Trinajstić information content (AvgIpc) is 2.98. The van der Waals surface area contributed by atoms with Crippen molar-refractivity contribution in [2.45, 2.75) is 18.3 Å². The Kier molecular flexibility index (Phi) is 4.99. The number of nitrogens with two attached hydrogens (primary N) is 1. The highest BCUT2D eigenvalue weighted by Crippen LogP contribution is 2.32. The van der Waals surface area contributed by atoms with Crippen molar-refractivity contribution < 1.29 is 23.1 Å². The number of nitrogens with zero attached hydrogens (tertiary/aromatic N) is 4. The largest absolute Gasteiger partial charge is 0.419 e. The van der Waals surface area contributed by atoms with Crippen molar-refractivity contribution in [3.63, 3.8) is 0 Å². The van der Waals surface area contributed by atoms with Crippen molar-refractivity contribution in [3.8, 4) is 6.07 Å². The van der Waals surface area contributed by atoms with Gasteiger partial charge >= 0.3 is 6.18 Å². The summed E-state index contributed by atoms with van der Waals surface area (Å²) in [5.74, 6) is -1.05. The van der Waals surface area contributed by atoms with Crippen LogP contribution < -0.4 is 11.1 Å². The molecule has 0 saturated heterocycles. The van der Waals surface area contributed by atoms with Gasteiger partial charge in [-0.1, -0.05) is 6.58 Å². The van der Waals surface area contributed by atoms with Gasteiger partial charge in [0.05, 0.1) is 35.9 Å². The summed E-state index contributed by atoms with van der Waals surface area (Å²) in [4.78, 5) is 15.7. The Morgan fingerprint density at radius 3 is 2.69 bits per heavy atom. The van der Waals surface area contributed by atoms with E-state index in [1.165, 1.54) is 23.1 Å². The number of aromatic nitrogens is 3. The Hall–Kier alpha value is -3.39. The number of pyridine rings is 1. The summed E-state index contributed by atoms with van der Waals surface area (Å²) in [5.41, 5.74) is 1.13. The maximum absolute atomic E-state index is 12.9. The number of alkyl halides is 3. The fourth-order valence-electron chi connectivity index (χ4n) is 2.02. The minimum Gasteiger partial charge on any atom is -0.396 e. The van der Waals surface area contributed by atoms with Crippen LogP contribution in [0.3, 0.4) is 0 Å². The van der Waals surface area contributed by atoms with E-state index in [1.54, 1.807) is 0 Å². The summed E-state index contributed by atoms with van der Waals surface area (Å²) in [7, 11) is 0. The van der Waals surface area contributed by atoms with Crippen LogP contribution in [-0.4, -0.2) is 31.4 Å². The van der Waals surface area contributed by atoms with Crippen molar-refractivity contribution in [2.75, 3.05) is 11.1 Å². The second-order valence-electron chi connectivity index (χ2n) is 5.28. The first kappa shape index (κ1) is 18.9. The number of aliphatic hydroxyl groups is 1. The van der Waals surface area contributed by atoms with Crippen LogP contribution in [0.25, 0.3) is 0 Å². The van der Waals surface area contributed by atoms with Crippen LogP contribution in [0.5, 0.6) is 0 Å². The molecule has 0 spiro atoms. The number of anilines is 2. The number of rotatable bonds is 5.